The number of aryl methyl sites for hydroxylation is 1. The molecule has 6 heteroatoms. The van der Waals surface area contributed by atoms with E-state index in [4.69, 9.17) is 32.7 Å². The maximum Gasteiger partial charge on any atom is 0.262 e. The fraction of sp³-hybridized carbons (Fsp3) is 0.235. The summed E-state index contributed by atoms with van der Waals surface area (Å²) in [5.74, 6) is 0.933. The highest BCUT2D eigenvalue weighted by molar-refractivity contribution is 6.35. The normalized spacial score (nSPS) is 10.3. The smallest absolute Gasteiger partial charge is 0.262 e. The summed E-state index contributed by atoms with van der Waals surface area (Å²) < 4.78 is 10.8. The molecule has 0 aliphatic carbocycles. The minimum atomic E-state index is -0.278. The second-order valence-electron chi connectivity index (χ2n) is 4.83. The number of ether oxygens (including phenoxy) is 2. The number of amides is 1. The third kappa shape index (κ3) is 5.05. The summed E-state index contributed by atoms with van der Waals surface area (Å²) in [6, 6.07) is 10.4. The van der Waals surface area contributed by atoms with Gasteiger partial charge in [0, 0.05) is 10.7 Å². The minimum absolute atomic E-state index is 0.143. The topological polar surface area (TPSA) is 47.6 Å². The lowest BCUT2D eigenvalue weighted by Gasteiger charge is -2.12. The van der Waals surface area contributed by atoms with Gasteiger partial charge in [-0.2, -0.15) is 0 Å². The van der Waals surface area contributed by atoms with Crippen LogP contribution in [0, 0.1) is 6.92 Å². The molecular weight excluding hydrogens is 337 g/mol. The molecule has 2 rings (SSSR count). The Hall–Kier alpha value is -1.91. The van der Waals surface area contributed by atoms with E-state index in [2.05, 4.69) is 5.32 Å². The third-order valence-corrected chi connectivity index (χ3v) is 3.49. The summed E-state index contributed by atoms with van der Waals surface area (Å²) in [4.78, 5) is 11.9. The van der Waals surface area contributed by atoms with Crippen molar-refractivity contribution in [3.05, 3.63) is 52.0 Å². The van der Waals surface area contributed by atoms with Gasteiger partial charge in [0.05, 0.1) is 11.6 Å². The molecule has 0 heterocycles. The zero-order valence-electron chi connectivity index (χ0n) is 12.9. The highest BCUT2D eigenvalue weighted by atomic mass is 35.5. The van der Waals surface area contributed by atoms with Crippen molar-refractivity contribution in [2.45, 2.75) is 13.8 Å². The highest BCUT2D eigenvalue weighted by Gasteiger charge is 2.10. The number of nitrogens with one attached hydrogen (secondary N) is 1. The van der Waals surface area contributed by atoms with Gasteiger partial charge < -0.3 is 14.8 Å². The standard InChI is InChI=1S/C17H17Cl2NO3/c1-3-22-14-6-4-13(5-7-14)20-16(21)10-23-17-11(2)8-12(18)9-15(17)19/h4-9H,3,10H2,1-2H3,(H,20,21). The van der Waals surface area contributed by atoms with E-state index in [1.165, 1.54) is 0 Å². The lowest BCUT2D eigenvalue weighted by atomic mass is 10.2. The third-order valence-electron chi connectivity index (χ3n) is 2.99. The van der Waals surface area contributed by atoms with Crippen molar-refractivity contribution >= 4 is 34.8 Å². The molecule has 2 aromatic carbocycles. The molecule has 0 aromatic heterocycles. The first kappa shape index (κ1) is 17.4. The number of anilines is 1. The Morgan fingerprint density at radius 1 is 1.13 bits per heavy atom. The van der Waals surface area contributed by atoms with Crippen molar-refractivity contribution in [2.24, 2.45) is 0 Å². The van der Waals surface area contributed by atoms with E-state index in [0.717, 1.165) is 11.3 Å². The molecule has 0 radical (unpaired) electrons. The molecule has 1 amide bonds. The van der Waals surface area contributed by atoms with Crippen LogP contribution < -0.4 is 14.8 Å². The van der Waals surface area contributed by atoms with E-state index in [1.807, 2.05) is 13.8 Å². The zero-order valence-corrected chi connectivity index (χ0v) is 14.4. The molecule has 0 unspecified atom stereocenters. The van der Waals surface area contributed by atoms with E-state index >= 15 is 0 Å². The maximum atomic E-state index is 11.9. The second kappa shape index (κ2) is 8.09. The number of carbonyl (C=O) groups excluding carboxylic acids is 1. The lowest BCUT2D eigenvalue weighted by Crippen LogP contribution is -2.20. The number of halogens is 2. The molecule has 23 heavy (non-hydrogen) atoms. The predicted octanol–water partition coefficient (Wildman–Crippen LogP) is 4.72. The van der Waals surface area contributed by atoms with E-state index in [-0.39, 0.29) is 12.5 Å². The molecule has 122 valence electrons. The van der Waals surface area contributed by atoms with Crippen molar-refractivity contribution in [3.63, 3.8) is 0 Å². The van der Waals surface area contributed by atoms with Crippen molar-refractivity contribution in [3.8, 4) is 11.5 Å². The molecule has 0 aliphatic rings. The summed E-state index contributed by atoms with van der Waals surface area (Å²) in [5.41, 5.74) is 1.44. The highest BCUT2D eigenvalue weighted by Crippen LogP contribution is 2.31. The molecule has 2 aromatic rings. The van der Waals surface area contributed by atoms with Crippen LogP contribution in [-0.4, -0.2) is 19.1 Å². The molecule has 1 N–H and O–H groups in total. The maximum absolute atomic E-state index is 11.9. The van der Waals surface area contributed by atoms with Gasteiger partial charge in [0.15, 0.2) is 6.61 Å². The molecule has 0 saturated heterocycles. The molecule has 4 nitrogen and oxygen atoms in total. The molecule has 0 saturated carbocycles. The number of benzene rings is 2. The van der Waals surface area contributed by atoms with Crippen LogP contribution in [0.5, 0.6) is 11.5 Å². The van der Waals surface area contributed by atoms with Gasteiger partial charge in [-0.1, -0.05) is 23.2 Å². The molecular formula is C17H17Cl2NO3. The fourth-order valence-electron chi connectivity index (χ4n) is 2.01. The Kier molecular flexibility index (Phi) is 6.13. The number of rotatable bonds is 6. The summed E-state index contributed by atoms with van der Waals surface area (Å²) in [7, 11) is 0. The Balaban J connectivity index is 1.93. The van der Waals surface area contributed by atoms with Gasteiger partial charge >= 0.3 is 0 Å². The molecule has 0 spiro atoms. The van der Waals surface area contributed by atoms with Gasteiger partial charge in [-0.05, 0) is 55.8 Å². The van der Waals surface area contributed by atoms with E-state index < -0.39 is 0 Å². The largest absolute Gasteiger partial charge is 0.494 e. The SMILES string of the molecule is CCOc1ccc(NC(=O)COc2c(C)cc(Cl)cc2Cl)cc1. The lowest BCUT2D eigenvalue weighted by molar-refractivity contribution is -0.118. The van der Waals surface area contributed by atoms with Gasteiger partial charge in [0.25, 0.3) is 5.91 Å². The molecule has 0 fully saturated rings. The van der Waals surface area contributed by atoms with Crippen LogP contribution in [0.3, 0.4) is 0 Å². The first-order chi connectivity index (χ1) is 11.0. The van der Waals surface area contributed by atoms with E-state index in [1.54, 1.807) is 36.4 Å². The average Bonchev–Trinajstić information content (AvgIpc) is 2.48. The Morgan fingerprint density at radius 2 is 1.83 bits per heavy atom. The summed E-state index contributed by atoms with van der Waals surface area (Å²) in [5, 5.41) is 3.65. The second-order valence-corrected chi connectivity index (χ2v) is 5.67. The van der Waals surface area contributed by atoms with Crippen molar-refractivity contribution in [1.29, 1.82) is 0 Å². The Bertz CT molecular complexity index is 664. The predicted molar refractivity (Wildman–Crippen MR) is 92.9 cm³/mol. The zero-order chi connectivity index (χ0) is 16.8. The van der Waals surface area contributed by atoms with E-state index in [0.29, 0.717) is 28.1 Å². The van der Waals surface area contributed by atoms with Gasteiger partial charge in [0.1, 0.15) is 11.5 Å². The quantitative estimate of drug-likeness (QED) is 0.817. The van der Waals surface area contributed by atoms with Crippen LogP contribution >= 0.6 is 23.2 Å². The van der Waals surface area contributed by atoms with Crippen LogP contribution in [0.1, 0.15) is 12.5 Å². The summed E-state index contributed by atoms with van der Waals surface area (Å²) in [6.07, 6.45) is 0. The number of carbonyl (C=O) groups is 1. The first-order valence-electron chi connectivity index (χ1n) is 7.10. The van der Waals surface area contributed by atoms with Crippen LogP contribution in [0.25, 0.3) is 0 Å². The Labute approximate surface area is 145 Å². The molecule has 0 atom stereocenters. The summed E-state index contributed by atoms with van der Waals surface area (Å²) >= 11 is 12.0. The van der Waals surface area contributed by atoms with Gasteiger partial charge in [-0.25, -0.2) is 0 Å². The average molecular weight is 354 g/mol. The van der Waals surface area contributed by atoms with Crippen LogP contribution in [0.4, 0.5) is 5.69 Å². The van der Waals surface area contributed by atoms with Crippen molar-refractivity contribution in [1.82, 2.24) is 0 Å². The van der Waals surface area contributed by atoms with Gasteiger partial charge in [-0.15, -0.1) is 0 Å². The fourth-order valence-corrected chi connectivity index (χ4v) is 2.66. The molecule has 0 aliphatic heterocycles. The first-order valence-corrected chi connectivity index (χ1v) is 7.86. The van der Waals surface area contributed by atoms with Crippen LogP contribution in [0.2, 0.25) is 10.0 Å². The van der Waals surface area contributed by atoms with Crippen LogP contribution in [-0.2, 0) is 4.79 Å². The van der Waals surface area contributed by atoms with E-state index in [9.17, 15) is 4.79 Å². The van der Waals surface area contributed by atoms with Crippen molar-refractivity contribution in [2.75, 3.05) is 18.5 Å². The number of hydrogen-bond donors (Lipinski definition) is 1. The van der Waals surface area contributed by atoms with Crippen LogP contribution in [0.15, 0.2) is 36.4 Å². The minimum Gasteiger partial charge on any atom is -0.494 e. The van der Waals surface area contributed by atoms with Crippen molar-refractivity contribution < 1.29 is 14.3 Å². The molecule has 0 bridgehead atoms. The summed E-state index contributed by atoms with van der Waals surface area (Å²) in [6.45, 7) is 4.19. The number of hydrogen-bond acceptors (Lipinski definition) is 3. The monoisotopic (exact) mass is 353 g/mol. The Morgan fingerprint density at radius 3 is 2.43 bits per heavy atom. The van der Waals surface area contributed by atoms with Gasteiger partial charge in [-0.3, -0.25) is 4.79 Å². The van der Waals surface area contributed by atoms with Gasteiger partial charge in [0.2, 0.25) is 0 Å².